The third kappa shape index (κ3) is 5.29. The predicted molar refractivity (Wildman–Crippen MR) is 138 cm³/mol. The largest absolute Gasteiger partial charge is 0.487 e. The van der Waals surface area contributed by atoms with Crippen molar-refractivity contribution in [3.05, 3.63) is 54.4 Å². The highest BCUT2D eigenvalue weighted by atomic mass is 16.6. The molecule has 5 rings (SSSR count). The number of nitrogens with zero attached hydrogens (tertiary/aromatic N) is 4. The molecule has 2 aliphatic heterocycles. The molecule has 1 aromatic carbocycles. The smallest absolute Gasteiger partial charge is 0.258 e. The number of amides is 2. The molecule has 3 aromatic rings. The molecule has 194 valence electrons. The molecule has 10 heteroatoms. The number of aromatic nitrogens is 3. The molecule has 2 amide bonds. The quantitative estimate of drug-likeness (QED) is 0.541. The number of rotatable bonds is 4. The van der Waals surface area contributed by atoms with Gasteiger partial charge in [0.15, 0.2) is 11.5 Å². The molecule has 1 N–H and O–H groups in total. The third-order valence-electron chi connectivity index (χ3n) is 6.61. The second-order valence-electron chi connectivity index (χ2n) is 9.15. The van der Waals surface area contributed by atoms with Gasteiger partial charge in [-0.25, -0.2) is 4.98 Å². The molecule has 1 atom stereocenters. The standard InChI is InChI=1S/C27H31N5O5/c1-3-23(33)31-11-5-4-6-20(17-31)32-24-21(7-8-22-25(24)37-15-13-35-12-14-36-22)29-27(32)30-26(34)19-9-10-28-18(2)16-19/h3,7-10,16,20H,1,4-6,11-15,17H2,2H3,(H,29,30,34)/t20-/m1/s1. The van der Waals surface area contributed by atoms with E-state index in [4.69, 9.17) is 19.2 Å². The molecule has 10 nitrogen and oxygen atoms in total. The van der Waals surface area contributed by atoms with Crippen molar-refractivity contribution in [2.45, 2.75) is 32.2 Å². The maximum absolute atomic E-state index is 13.3. The number of pyridine rings is 1. The molecule has 0 bridgehead atoms. The summed E-state index contributed by atoms with van der Waals surface area (Å²) < 4.78 is 19.7. The maximum atomic E-state index is 13.3. The highest BCUT2D eigenvalue weighted by Crippen LogP contribution is 2.41. The van der Waals surface area contributed by atoms with Gasteiger partial charge in [-0.3, -0.25) is 19.9 Å². The van der Waals surface area contributed by atoms with Crippen LogP contribution in [0.25, 0.3) is 11.0 Å². The highest BCUT2D eigenvalue weighted by Gasteiger charge is 2.29. The molecule has 0 aliphatic carbocycles. The lowest BCUT2D eigenvalue weighted by atomic mass is 10.1. The average Bonchev–Trinajstić information content (AvgIpc) is 3.15. The summed E-state index contributed by atoms with van der Waals surface area (Å²) in [5, 5.41) is 3.01. The van der Waals surface area contributed by atoms with Crippen LogP contribution >= 0.6 is 0 Å². The minimum Gasteiger partial charge on any atom is -0.487 e. The van der Waals surface area contributed by atoms with Crippen molar-refractivity contribution in [3.8, 4) is 11.5 Å². The van der Waals surface area contributed by atoms with E-state index in [1.54, 1.807) is 23.2 Å². The molecule has 0 saturated carbocycles. The molecule has 2 aliphatic rings. The van der Waals surface area contributed by atoms with Crippen LogP contribution in [0.15, 0.2) is 43.1 Å². The summed E-state index contributed by atoms with van der Waals surface area (Å²) in [7, 11) is 0. The van der Waals surface area contributed by atoms with Gasteiger partial charge in [0.25, 0.3) is 5.91 Å². The fraction of sp³-hybridized carbons (Fsp3) is 0.407. The first-order valence-corrected chi connectivity index (χ1v) is 12.6. The minimum atomic E-state index is -0.292. The summed E-state index contributed by atoms with van der Waals surface area (Å²) in [6.45, 7) is 8.26. The highest BCUT2D eigenvalue weighted by molar-refractivity contribution is 6.04. The maximum Gasteiger partial charge on any atom is 0.258 e. The fourth-order valence-corrected chi connectivity index (χ4v) is 4.87. The molecule has 4 heterocycles. The Labute approximate surface area is 215 Å². The van der Waals surface area contributed by atoms with Crippen molar-refractivity contribution in [3.63, 3.8) is 0 Å². The summed E-state index contributed by atoms with van der Waals surface area (Å²) >= 11 is 0. The van der Waals surface area contributed by atoms with Gasteiger partial charge in [-0.05, 0) is 56.5 Å². The second-order valence-corrected chi connectivity index (χ2v) is 9.15. The monoisotopic (exact) mass is 505 g/mol. The lowest BCUT2D eigenvalue weighted by Gasteiger charge is -2.26. The van der Waals surface area contributed by atoms with Crippen molar-refractivity contribution >= 4 is 28.8 Å². The zero-order chi connectivity index (χ0) is 25.8. The van der Waals surface area contributed by atoms with Gasteiger partial charge in [0.05, 0.1) is 24.8 Å². The number of carbonyl (C=O) groups is 2. The predicted octanol–water partition coefficient (Wildman–Crippen LogP) is 3.52. The molecular formula is C27H31N5O5. The van der Waals surface area contributed by atoms with E-state index in [-0.39, 0.29) is 17.9 Å². The Morgan fingerprint density at radius 2 is 1.97 bits per heavy atom. The van der Waals surface area contributed by atoms with Crippen LogP contribution in [0, 0.1) is 6.92 Å². The summed E-state index contributed by atoms with van der Waals surface area (Å²) in [5.41, 5.74) is 2.61. The second kappa shape index (κ2) is 11.0. The number of benzene rings is 1. The number of hydrogen-bond acceptors (Lipinski definition) is 7. The van der Waals surface area contributed by atoms with E-state index in [2.05, 4.69) is 16.9 Å². The minimum absolute atomic E-state index is 0.113. The van der Waals surface area contributed by atoms with Gasteiger partial charge >= 0.3 is 0 Å². The van der Waals surface area contributed by atoms with Gasteiger partial charge < -0.3 is 23.7 Å². The van der Waals surface area contributed by atoms with Gasteiger partial charge in [0.1, 0.15) is 18.7 Å². The average molecular weight is 506 g/mol. The van der Waals surface area contributed by atoms with E-state index in [0.717, 1.165) is 30.5 Å². The first-order chi connectivity index (χ1) is 18.0. The summed E-state index contributed by atoms with van der Waals surface area (Å²) in [4.78, 5) is 36.6. The van der Waals surface area contributed by atoms with Crippen LogP contribution in [0.5, 0.6) is 11.5 Å². The molecule has 0 unspecified atom stereocenters. The van der Waals surface area contributed by atoms with E-state index >= 15 is 0 Å². The van der Waals surface area contributed by atoms with E-state index < -0.39 is 0 Å². The number of ether oxygens (including phenoxy) is 3. The van der Waals surface area contributed by atoms with E-state index in [1.807, 2.05) is 23.6 Å². The normalized spacial score (nSPS) is 18.3. The number of aryl methyl sites for hydroxylation is 1. The molecule has 1 saturated heterocycles. The van der Waals surface area contributed by atoms with Crippen molar-refractivity contribution in [2.75, 3.05) is 44.8 Å². The van der Waals surface area contributed by atoms with Crippen molar-refractivity contribution in [2.24, 2.45) is 0 Å². The molecule has 0 radical (unpaired) electrons. The zero-order valence-electron chi connectivity index (χ0n) is 20.9. The van der Waals surface area contributed by atoms with Crippen LogP contribution in [0.1, 0.15) is 41.4 Å². The van der Waals surface area contributed by atoms with Gasteiger partial charge in [0.2, 0.25) is 11.9 Å². The Hall–Kier alpha value is -3.92. The number of carbonyl (C=O) groups excluding carboxylic acids is 2. The summed E-state index contributed by atoms with van der Waals surface area (Å²) in [5.74, 6) is 1.13. The Morgan fingerprint density at radius 1 is 1.14 bits per heavy atom. The van der Waals surface area contributed by atoms with Gasteiger partial charge in [-0.1, -0.05) is 6.58 Å². The Bertz CT molecular complexity index is 1320. The van der Waals surface area contributed by atoms with Gasteiger partial charge in [-0.2, -0.15) is 0 Å². The Kier molecular flexibility index (Phi) is 7.36. The first kappa shape index (κ1) is 24.8. The molecule has 1 fully saturated rings. The Balaban J connectivity index is 1.63. The van der Waals surface area contributed by atoms with Crippen LogP contribution in [-0.2, 0) is 9.53 Å². The van der Waals surface area contributed by atoms with Gasteiger partial charge in [-0.15, -0.1) is 0 Å². The fourth-order valence-electron chi connectivity index (χ4n) is 4.87. The van der Waals surface area contributed by atoms with Crippen molar-refractivity contribution in [1.82, 2.24) is 19.4 Å². The van der Waals surface area contributed by atoms with E-state index in [9.17, 15) is 9.59 Å². The van der Waals surface area contributed by atoms with Crippen LogP contribution in [0.2, 0.25) is 0 Å². The number of nitrogens with one attached hydrogen (secondary N) is 1. The van der Waals surface area contributed by atoms with Crippen LogP contribution in [0.4, 0.5) is 5.95 Å². The Morgan fingerprint density at radius 3 is 2.78 bits per heavy atom. The first-order valence-electron chi connectivity index (χ1n) is 12.6. The van der Waals surface area contributed by atoms with Crippen molar-refractivity contribution in [1.29, 1.82) is 0 Å². The van der Waals surface area contributed by atoms with Crippen LogP contribution in [0.3, 0.4) is 0 Å². The number of anilines is 1. The lowest BCUT2D eigenvalue weighted by Crippen LogP contribution is -2.34. The number of fused-ring (bicyclic) bond motifs is 3. The number of hydrogen-bond donors (Lipinski definition) is 1. The van der Waals surface area contributed by atoms with Gasteiger partial charge in [0, 0.05) is 30.5 Å². The molecule has 37 heavy (non-hydrogen) atoms. The lowest BCUT2D eigenvalue weighted by molar-refractivity contribution is -0.126. The third-order valence-corrected chi connectivity index (χ3v) is 6.61. The zero-order valence-corrected chi connectivity index (χ0v) is 20.9. The van der Waals surface area contributed by atoms with Crippen LogP contribution < -0.4 is 14.8 Å². The van der Waals surface area contributed by atoms with E-state index in [0.29, 0.717) is 68.0 Å². The van der Waals surface area contributed by atoms with Crippen molar-refractivity contribution < 1.29 is 23.8 Å². The summed E-state index contributed by atoms with van der Waals surface area (Å²) in [6, 6.07) is 6.95. The summed E-state index contributed by atoms with van der Waals surface area (Å²) in [6.07, 6.45) is 5.56. The molecular weight excluding hydrogens is 474 g/mol. The topological polar surface area (TPSA) is 108 Å². The van der Waals surface area contributed by atoms with Crippen LogP contribution in [-0.4, -0.2) is 70.8 Å². The molecule has 0 spiro atoms. The number of likely N-dealkylation sites (tertiary alicyclic amines) is 1. The number of imidazole rings is 1. The molecule has 2 aromatic heterocycles. The SMILES string of the molecule is C=CC(=O)N1CCCC[C@@H](n2c(NC(=O)c3ccnc(C)c3)nc3ccc4c(c32)OCCOCCO4)C1. The van der Waals surface area contributed by atoms with E-state index in [1.165, 1.54) is 6.08 Å².